The maximum absolute atomic E-state index is 2.28. The van der Waals surface area contributed by atoms with E-state index in [0.29, 0.717) is 0 Å². The van der Waals surface area contributed by atoms with Gasteiger partial charge in [-0.05, 0) is 37.6 Å². The smallest absolute Gasteiger partial charge is 0.0445 e. The molecule has 0 aliphatic carbocycles. The third-order valence-electron chi connectivity index (χ3n) is 3.79. The van der Waals surface area contributed by atoms with Crippen LogP contribution in [0.4, 0.5) is 0 Å². The first-order valence-corrected chi connectivity index (χ1v) is 8.39. The Morgan fingerprint density at radius 3 is 2.60 bits per heavy atom. The number of thiophene rings is 2. The molecule has 4 rings (SSSR count). The predicted molar refractivity (Wildman–Crippen MR) is 94.2 cm³/mol. The first kappa shape index (κ1) is 12.1. The van der Waals surface area contributed by atoms with Crippen molar-refractivity contribution in [2.24, 2.45) is 0 Å². The van der Waals surface area contributed by atoms with Crippen molar-refractivity contribution in [2.75, 3.05) is 0 Å². The molecule has 20 heavy (non-hydrogen) atoms. The zero-order chi connectivity index (χ0) is 13.7. The van der Waals surface area contributed by atoms with Gasteiger partial charge < -0.3 is 0 Å². The summed E-state index contributed by atoms with van der Waals surface area (Å²) in [6, 6.07) is 13.3. The molecule has 0 aliphatic rings. The summed E-state index contributed by atoms with van der Waals surface area (Å²) >= 11 is 3.81. The molecule has 0 spiro atoms. The van der Waals surface area contributed by atoms with Crippen molar-refractivity contribution >= 4 is 59.0 Å². The summed E-state index contributed by atoms with van der Waals surface area (Å²) in [7, 11) is 0. The Morgan fingerprint density at radius 2 is 1.75 bits per heavy atom. The highest BCUT2D eigenvalue weighted by Crippen LogP contribution is 2.43. The summed E-state index contributed by atoms with van der Waals surface area (Å²) in [4.78, 5) is 1.38. The van der Waals surface area contributed by atoms with E-state index < -0.39 is 0 Å². The van der Waals surface area contributed by atoms with Crippen molar-refractivity contribution in [2.45, 2.75) is 13.8 Å². The van der Waals surface area contributed by atoms with Gasteiger partial charge in [0.1, 0.15) is 0 Å². The fraction of sp³-hybridized carbons (Fsp3) is 0.111. The average Bonchev–Trinajstić information content (AvgIpc) is 2.98. The summed E-state index contributed by atoms with van der Waals surface area (Å²) in [6.07, 6.45) is 4.35. The summed E-state index contributed by atoms with van der Waals surface area (Å²) < 4.78 is 4.22. The molecule has 0 bridgehead atoms. The van der Waals surface area contributed by atoms with Crippen LogP contribution in [0.3, 0.4) is 0 Å². The van der Waals surface area contributed by atoms with Gasteiger partial charge in [0.2, 0.25) is 0 Å². The third kappa shape index (κ3) is 1.58. The highest BCUT2D eigenvalue weighted by molar-refractivity contribution is 7.28. The van der Waals surface area contributed by atoms with E-state index in [1.165, 1.54) is 40.7 Å². The van der Waals surface area contributed by atoms with Crippen LogP contribution in [0.5, 0.6) is 0 Å². The second-order valence-electron chi connectivity index (χ2n) is 5.00. The van der Waals surface area contributed by atoms with Gasteiger partial charge in [0.05, 0.1) is 0 Å². The number of fused-ring (bicyclic) bond motifs is 5. The summed E-state index contributed by atoms with van der Waals surface area (Å²) in [6.45, 7) is 4.33. The van der Waals surface area contributed by atoms with Crippen molar-refractivity contribution in [3.05, 3.63) is 52.9 Å². The molecule has 4 aromatic rings. The van der Waals surface area contributed by atoms with Gasteiger partial charge in [0.15, 0.2) is 0 Å². The molecule has 0 saturated carbocycles. The normalized spacial score (nSPS) is 12.3. The highest BCUT2D eigenvalue weighted by Gasteiger charge is 2.13. The molecule has 0 N–H and O–H groups in total. The van der Waals surface area contributed by atoms with Gasteiger partial charge in [-0.25, -0.2) is 0 Å². The summed E-state index contributed by atoms with van der Waals surface area (Å²) in [5, 5.41) is 4.22. The maximum Gasteiger partial charge on any atom is 0.0445 e. The van der Waals surface area contributed by atoms with Crippen LogP contribution in [-0.2, 0) is 0 Å². The number of allylic oxidation sites excluding steroid dienone is 1. The Kier molecular flexibility index (Phi) is 2.69. The SMILES string of the molecule is CC=Cc1sc2ccc3c4ccccc4sc3c2c1C. The van der Waals surface area contributed by atoms with Crippen LogP contribution in [-0.4, -0.2) is 0 Å². The average molecular weight is 294 g/mol. The Hall–Kier alpha value is -1.64. The van der Waals surface area contributed by atoms with Gasteiger partial charge in [-0.3, -0.25) is 0 Å². The third-order valence-corrected chi connectivity index (χ3v) is 6.22. The fourth-order valence-corrected chi connectivity index (χ4v) is 5.40. The van der Waals surface area contributed by atoms with Gasteiger partial charge in [0, 0.05) is 35.1 Å². The molecule has 98 valence electrons. The van der Waals surface area contributed by atoms with Crippen LogP contribution >= 0.6 is 22.7 Å². The lowest BCUT2D eigenvalue weighted by atomic mass is 10.1. The van der Waals surface area contributed by atoms with Crippen LogP contribution in [0.15, 0.2) is 42.5 Å². The molecular formula is C18H14S2. The Morgan fingerprint density at radius 1 is 0.900 bits per heavy atom. The van der Waals surface area contributed by atoms with Gasteiger partial charge in [-0.2, -0.15) is 0 Å². The minimum Gasteiger partial charge on any atom is -0.136 e. The van der Waals surface area contributed by atoms with Gasteiger partial charge >= 0.3 is 0 Å². The van der Waals surface area contributed by atoms with E-state index >= 15 is 0 Å². The number of hydrogen-bond donors (Lipinski definition) is 0. The molecule has 0 radical (unpaired) electrons. The Balaban J connectivity index is 2.23. The van der Waals surface area contributed by atoms with E-state index in [9.17, 15) is 0 Å². The first-order valence-electron chi connectivity index (χ1n) is 6.75. The molecular weight excluding hydrogens is 280 g/mol. The predicted octanol–water partition coefficient (Wildman–Crippen LogP) is 6.61. The molecule has 0 saturated heterocycles. The molecule has 2 heterocycles. The lowest BCUT2D eigenvalue weighted by molar-refractivity contribution is 1.58. The molecule has 0 fully saturated rings. The van der Waals surface area contributed by atoms with Crippen molar-refractivity contribution in [1.29, 1.82) is 0 Å². The maximum atomic E-state index is 2.28. The van der Waals surface area contributed by atoms with Crippen molar-refractivity contribution in [3.63, 3.8) is 0 Å². The monoisotopic (exact) mass is 294 g/mol. The zero-order valence-corrected chi connectivity index (χ0v) is 13.1. The van der Waals surface area contributed by atoms with Crippen LogP contribution in [0.1, 0.15) is 17.4 Å². The van der Waals surface area contributed by atoms with Crippen LogP contribution < -0.4 is 0 Å². The number of aryl methyl sites for hydroxylation is 1. The lowest BCUT2D eigenvalue weighted by Crippen LogP contribution is -1.72. The first-order chi connectivity index (χ1) is 9.79. The molecule has 0 nitrogen and oxygen atoms in total. The second kappa shape index (κ2) is 4.44. The van der Waals surface area contributed by atoms with E-state index in [-0.39, 0.29) is 0 Å². The quantitative estimate of drug-likeness (QED) is 0.370. The van der Waals surface area contributed by atoms with Crippen molar-refractivity contribution < 1.29 is 0 Å². The Bertz CT molecular complexity index is 967. The van der Waals surface area contributed by atoms with Crippen molar-refractivity contribution in [1.82, 2.24) is 0 Å². The number of benzene rings is 2. The molecule has 2 aromatic carbocycles. The van der Waals surface area contributed by atoms with Gasteiger partial charge in [-0.1, -0.05) is 30.3 Å². The lowest BCUT2D eigenvalue weighted by Gasteiger charge is -1.95. The fourth-order valence-electron chi connectivity index (χ4n) is 2.84. The molecule has 0 atom stereocenters. The molecule has 2 heteroatoms. The second-order valence-corrected chi connectivity index (χ2v) is 7.14. The van der Waals surface area contributed by atoms with E-state index in [4.69, 9.17) is 0 Å². The molecule has 0 unspecified atom stereocenters. The van der Waals surface area contributed by atoms with Crippen LogP contribution in [0, 0.1) is 6.92 Å². The van der Waals surface area contributed by atoms with Crippen molar-refractivity contribution in [3.8, 4) is 0 Å². The minimum atomic E-state index is 1.38. The Labute approximate surface area is 126 Å². The van der Waals surface area contributed by atoms with E-state index in [0.717, 1.165) is 0 Å². The number of hydrogen-bond acceptors (Lipinski definition) is 2. The van der Waals surface area contributed by atoms with Crippen LogP contribution in [0.25, 0.3) is 36.3 Å². The molecule has 2 aromatic heterocycles. The highest BCUT2D eigenvalue weighted by atomic mass is 32.1. The minimum absolute atomic E-state index is 1.38. The van der Waals surface area contributed by atoms with Gasteiger partial charge in [0.25, 0.3) is 0 Å². The summed E-state index contributed by atoms with van der Waals surface area (Å²) in [5.41, 5.74) is 1.42. The van der Waals surface area contributed by atoms with Crippen LogP contribution in [0.2, 0.25) is 0 Å². The summed E-state index contributed by atoms with van der Waals surface area (Å²) in [5.74, 6) is 0. The van der Waals surface area contributed by atoms with E-state index in [2.05, 4.69) is 62.4 Å². The standard InChI is InChI=1S/C18H14S2/c1-3-6-14-11(2)17-16(19-14)10-9-13-12-7-4-5-8-15(12)20-18(13)17/h3-10H,1-2H3. The molecule has 0 amide bonds. The number of rotatable bonds is 1. The van der Waals surface area contributed by atoms with E-state index in [1.54, 1.807) is 0 Å². The largest absolute Gasteiger partial charge is 0.136 e. The zero-order valence-electron chi connectivity index (χ0n) is 11.4. The van der Waals surface area contributed by atoms with Gasteiger partial charge in [-0.15, -0.1) is 22.7 Å². The van der Waals surface area contributed by atoms with E-state index in [1.807, 2.05) is 22.7 Å². The topological polar surface area (TPSA) is 0 Å². The molecule has 0 aliphatic heterocycles.